The summed E-state index contributed by atoms with van der Waals surface area (Å²) in [5, 5.41) is 22.1. The van der Waals surface area contributed by atoms with Crippen molar-refractivity contribution in [1.29, 1.82) is 5.26 Å². The second-order valence-electron chi connectivity index (χ2n) is 8.77. The summed E-state index contributed by atoms with van der Waals surface area (Å²) in [6.07, 6.45) is 2.18. The van der Waals surface area contributed by atoms with Crippen LogP contribution in [0.5, 0.6) is 5.75 Å². The molecule has 1 aliphatic carbocycles. The van der Waals surface area contributed by atoms with E-state index in [0.717, 1.165) is 40.1 Å². The van der Waals surface area contributed by atoms with Crippen LogP contribution in [0.4, 0.5) is 0 Å². The molecule has 1 atom stereocenters. The SMILES string of the molecule is CNC(=O)CS(=O)(=O)N[C@@H]1CCCc2c(-c3nnc(-c4ccc(OC(C)C)c(C#N)c4)s3)cccc21. The van der Waals surface area contributed by atoms with Gasteiger partial charge in [0.05, 0.1) is 11.7 Å². The Morgan fingerprint density at radius 1 is 1.25 bits per heavy atom. The zero-order valence-corrected chi connectivity index (χ0v) is 21.9. The van der Waals surface area contributed by atoms with Crippen molar-refractivity contribution in [1.82, 2.24) is 20.2 Å². The molecule has 1 heterocycles. The first kappa shape index (κ1) is 25.8. The van der Waals surface area contributed by atoms with Gasteiger partial charge in [-0.2, -0.15) is 5.26 Å². The first-order chi connectivity index (χ1) is 17.2. The van der Waals surface area contributed by atoms with Crippen LogP contribution in [0.25, 0.3) is 21.1 Å². The molecule has 1 aromatic heterocycles. The Labute approximate surface area is 214 Å². The second kappa shape index (κ2) is 10.7. The second-order valence-corrected chi connectivity index (χ2v) is 11.5. The van der Waals surface area contributed by atoms with Crippen LogP contribution in [0.1, 0.15) is 49.4 Å². The zero-order chi connectivity index (χ0) is 25.9. The van der Waals surface area contributed by atoms with Gasteiger partial charge in [-0.05, 0) is 62.4 Å². The van der Waals surface area contributed by atoms with E-state index >= 15 is 0 Å². The van der Waals surface area contributed by atoms with Gasteiger partial charge in [-0.25, -0.2) is 13.1 Å². The van der Waals surface area contributed by atoms with Crippen LogP contribution in [-0.4, -0.2) is 43.4 Å². The molecule has 188 valence electrons. The number of benzene rings is 2. The van der Waals surface area contributed by atoms with Crippen molar-refractivity contribution in [2.24, 2.45) is 0 Å². The summed E-state index contributed by atoms with van der Waals surface area (Å²) < 4.78 is 33.4. The van der Waals surface area contributed by atoms with Crippen LogP contribution in [0, 0.1) is 11.3 Å². The molecule has 0 saturated carbocycles. The molecule has 4 rings (SSSR count). The quantitative estimate of drug-likeness (QED) is 0.459. The summed E-state index contributed by atoms with van der Waals surface area (Å²) in [6, 6.07) is 12.9. The fourth-order valence-electron chi connectivity index (χ4n) is 4.23. The molecular formula is C25H27N5O4S2. The maximum absolute atomic E-state index is 12.5. The average molecular weight is 526 g/mol. The Morgan fingerprint density at radius 3 is 2.75 bits per heavy atom. The average Bonchev–Trinajstić information content (AvgIpc) is 3.33. The minimum atomic E-state index is -3.79. The lowest BCUT2D eigenvalue weighted by Crippen LogP contribution is -2.37. The molecule has 0 unspecified atom stereocenters. The monoisotopic (exact) mass is 525 g/mol. The van der Waals surface area contributed by atoms with Gasteiger partial charge in [0.1, 0.15) is 27.6 Å². The van der Waals surface area contributed by atoms with E-state index in [-0.39, 0.29) is 6.10 Å². The lowest BCUT2D eigenvalue weighted by Gasteiger charge is -2.27. The van der Waals surface area contributed by atoms with E-state index in [1.165, 1.54) is 18.4 Å². The van der Waals surface area contributed by atoms with Gasteiger partial charge in [0.25, 0.3) is 0 Å². The number of hydrogen-bond donors (Lipinski definition) is 2. The third-order valence-corrected chi connectivity index (χ3v) is 8.09. The number of nitrogens with zero attached hydrogens (tertiary/aromatic N) is 3. The van der Waals surface area contributed by atoms with E-state index in [1.54, 1.807) is 12.1 Å². The third-order valence-electron chi connectivity index (χ3n) is 5.79. The number of sulfonamides is 1. The molecule has 2 aromatic carbocycles. The molecule has 0 bridgehead atoms. The van der Waals surface area contributed by atoms with Gasteiger partial charge in [0, 0.05) is 24.2 Å². The van der Waals surface area contributed by atoms with Gasteiger partial charge in [0.15, 0.2) is 0 Å². The minimum Gasteiger partial charge on any atom is -0.490 e. The molecule has 0 fully saturated rings. The van der Waals surface area contributed by atoms with Crippen LogP contribution in [-0.2, 0) is 21.2 Å². The highest BCUT2D eigenvalue weighted by atomic mass is 32.2. The minimum absolute atomic E-state index is 0.0440. The predicted octanol–water partition coefficient (Wildman–Crippen LogP) is 3.57. The lowest BCUT2D eigenvalue weighted by molar-refractivity contribution is -0.118. The number of aromatic nitrogens is 2. The molecule has 3 aromatic rings. The van der Waals surface area contributed by atoms with Crippen LogP contribution in [0.15, 0.2) is 36.4 Å². The van der Waals surface area contributed by atoms with E-state index in [4.69, 9.17) is 4.74 Å². The Bertz CT molecular complexity index is 1430. The predicted molar refractivity (Wildman–Crippen MR) is 138 cm³/mol. The highest BCUT2D eigenvalue weighted by Gasteiger charge is 2.28. The number of amides is 1. The van der Waals surface area contributed by atoms with Gasteiger partial charge in [-0.3, -0.25) is 4.79 Å². The number of carbonyl (C=O) groups excluding carboxylic acids is 1. The molecule has 1 amide bonds. The van der Waals surface area contributed by atoms with Crippen molar-refractivity contribution < 1.29 is 17.9 Å². The van der Waals surface area contributed by atoms with E-state index in [2.05, 4.69) is 26.3 Å². The van der Waals surface area contributed by atoms with Crippen molar-refractivity contribution in [3.05, 3.63) is 53.1 Å². The highest BCUT2D eigenvalue weighted by Crippen LogP contribution is 2.39. The first-order valence-electron chi connectivity index (χ1n) is 11.6. The van der Waals surface area contributed by atoms with Gasteiger partial charge in [0.2, 0.25) is 15.9 Å². The summed E-state index contributed by atoms with van der Waals surface area (Å²) in [5.74, 6) is -0.638. The van der Waals surface area contributed by atoms with Crippen LogP contribution >= 0.6 is 11.3 Å². The molecule has 0 radical (unpaired) electrons. The fourth-order valence-corrected chi connectivity index (χ4v) is 6.37. The number of rotatable bonds is 8. The summed E-state index contributed by atoms with van der Waals surface area (Å²) in [5.41, 5.74) is 4.03. The zero-order valence-electron chi connectivity index (χ0n) is 20.2. The number of hydrogen-bond acceptors (Lipinski definition) is 8. The van der Waals surface area contributed by atoms with Gasteiger partial charge >= 0.3 is 0 Å². The molecule has 0 spiro atoms. The highest BCUT2D eigenvalue weighted by molar-refractivity contribution is 7.90. The van der Waals surface area contributed by atoms with E-state index in [1.807, 2.05) is 38.1 Å². The molecule has 36 heavy (non-hydrogen) atoms. The molecule has 11 heteroatoms. The largest absolute Gasteiger partial charge is 0.490 e. The standard InChI is InChI=1S/C25H27N5O4S2/c1-15(2)34-22-11-10-16(12-17(22)13-26)24-28-29-25(35-24)20-8-4-7-19-18(20)6-5-9-21(19)30-36(32,33)14-23(31)27-3/h4,7-8,10-12,15,21,30H,5-6,9,14H2,1-3H3,(H,27,31)/t21-/m1/s1. The van der Waals surface area contributed by atoms with Crippen LogP contribution in [0.2, 0.25) is 0 Å². The van der Waals surface area contributed by atoms with Crippen molar-refractivity contribution >= 4 is 27.3 Å². The van der Waals surface area contributed by atoms with Gasteiger partial charge < -0.3 is 10.1 Å². The lowest BCUT2D eigenvalue weighted by atomic mass is 9.85. The number of carbonyl (C=O) groups is 1. The summed E-state index contributed by atoms with van der Waals surface area (Å²) in [7, 11) is -2.38. The number of fused-ring (bicyclic) bond motifs is 1. The number of ether oxygens (including phenoxy) is 1. The molecule has 0 saturated heterocycles. The molecule has 0 aliphatic heterocycles. The van der Waals surface area contributed by atoms with E-state index in [0.29, 0.717) is 22.7 Å². The van der Waals surface area contributed by atoms with Crippen molar-refractivity contribution in [2.75, 3.05) is 12.8 Å². The maximum Gasteiger partial charge on any atom is 0.236 e. The number of nitrogens with one attached hydrogen (secondary N) is 2. The summed E-state index contributed by atoms with van der Waals surface area (Å²) in [4.78, 5) is 11.6. The van der Waals surface area contributed by atoms with Crippen molar-refractivity contribution in [3.63, 3.8) is 0 Å². The normalized spacial score (nSPS) is 15.2. The van der Waals surface area contributed by atoms with Gasteiger partial charge in [-0.1, -0.05) is 29.5 Å². The molecule has 9 nitrogen and oxygen atoms in total. The Balaban J connectivity index is 1.63. The van der Waals surface area contributed by atoms with Gasteiger partial charge in [-0.15, -0.1) is 10.2 Å². The molecule has 2 N–H and O–H groups in total. The Hall–Kier alpha value is -3.33. The van der Waals surface area contributed by atoms with E-state index in [9.17, 15) is 18.5 Å². The first-order valence-corrected chi connectivity index (χ1v) is 14.0. The van der Waals surface area contributed by atoms with Crippen LogP contribution in [0.3, 0.4) is 0 Å². The van der Waals surface area contributed by atoms with Crippen molar-refractivity contribution in [2.45, 2.75) is 45.3 Å². The topological polar surface area (TPSA) is 134 Å². The maximum atomic E-state index is 12.5. The Kier molecular flexibility index (Phi) is 7.68. The third kappa shape index (κ3) is 5.73. The Morgan fingerprint density at radius 2 is 2.03 bits per heavy atom. The fraction of sp³-hybridized carbons (Fsp3) is 0.360. The molecular weight excluding hydrogens is 498 g/mol. The molecule has 1 aliphatic rings. The van der Waals surface area contributed by atoms with Crippen LogP contribution < -0.4 is 14.8 Å². The summed E-state index contributed by atoms with van der Waals surface area (Å²) in [6.45, 7) is 3.81. The smallest absolute Gasteiger partial charge is 0.236 e. The number of nitriles is 1. The van der Waals surface area contributed by atoms with E-state index < -0.39 is 27.7 Å². The van der Waals surface area contributed by atoms with Crippen molar-refractivity contribution in [3.8, 4) is 33.0 Å². The summed E-state index contributed by atoms with van der Waals surface area (Å²) >= 11 is 1.41.